The quantitative estimate of drug-likeness (QED) is 0.851. The molecule has 0 saturated carbocycles. The van der Waals surface area contributed by atoms with E-state index in [0.29, 0.717) is 0 Å². The molecule has 5 heteroatoms. The van der Waals surface area contributed by atoms with Crippen LogP contribution in [0.25, 0.3) is 0 Å². The topological polar surface area (TPSA) is 18.5 Å². The van der Waals surface area contributed by atoms with Crippen molar-refractivity contribution < 1.29 is 0 Å². The number of hydrogen-bond acceptors (Lipinski definition) is 4. The standard InChI is InChI=1S/C16H20ClN3S/c1-19-10-11-20(15-5-3-2-4-14(15)19)9-8-18-12-13-6-7-16(17)21-13/h2-7,18H,8-12H2,1H3. The minimum absolute atomic E-state index is 0.861. The molecular weight excluding hydrogens is 302 g/mol. The number of likely N-dealkylation sites (N-methyl/N-ethyl adjacent to an activating group) is 1. The smallest absolute Gasteiger partial charge is 0.0931 e. The number of para-hydroxylation sites is 2. The summed E-state index contributed by atoms with van der Waals surface area (Å²) < 4.78 is 0.861. The van der Waals surface area contributed by atoms with Crippen LogP contribution in [0.5, 0.6) is 0 Å². The first-order valence-corrected chi connectivity index (χ1v) is 8.43. The number of rotatable bonds is 5. The summed E-state index contributed by atoms with van der Waals surface area (Å²) in [4.78, 5) is 6.08. The molecule has 0 aliphatic carbocycles. The van der Waals surface area contributed by atoms with E-state index in [2.05, 4.69) is 52.5 Å². The normalized spacial score (nSPS) is 14.4. The van der Waals surface area contributed by atoms with Crippen LogP contribution in [0.1, 0.15) is 4.88 Å². The minimum atomic E-state index is 0.861. The third-order valence-electron chi connectivity index (χ3n) is 3.83. The van der Waals surface area contributed by atoms with Gasteiger partial charge in [0.25, 0.3) is 0 Å². The molecule has 3 nitrogen and oxygen atoms in total. The number of hydrogen-bond donors (Lipinski definition) is 1. The SMILES string of the molecule is CN1CCN(CCNCc2ccc(Cl)s2)c2ccccc21. The lowest BCUT2D eigenvalue weighted by molar-refractivity contribution is 0.651. The third kappa shape index (κ3) is 3.51. The van der Waals surface area contributed by atoms with Gasteiger partial charge in [-0.2, -0.15) is 0 Å². The van der Waals surface area contributed by atoms with E-state index >= 15 is 0 Å². The van der Waals surface area contributed by atoms with Gasteiger partial charge in [0.2, 0.25) is 0 Å². The molecule has 0 radical (unpaired) electrons. The number of nitrogens with zero attached hydrogens (tertiary/aromatic N) is 2. The summed E-state index contributed by atoms with van der Waals surface area (Å²) in [6, 6.07) is 12.7. The maximum atomic E-state index is 5.94. The second-order valence-electron chi connectivity index (χ2n) is 5.28. The number of halogens is 1. The van der Waals surface area contributed by atoms with Gasteiger partial charge in [0.1, 0.15) is 0 Å². The number of anilines is 2. The van der Waals surface area contributed by atoms with Gasteiger partial charge in [-0.3, -0.25) is 0 Å². The highest BCUT2D eigenvalue weighted by molar-refractivity contribution is 7.16. The third-order valence-corrected chi connectivity index (χ3v) is 5.06. The Morgan fingerprint density at radius 3 is 2.71 bits per heavy atom. The van der Waals surface area contributed by atoms with Gasteiger partial charge in [0.05, 0.1) is 15.7 Å². The van der Waals surface area contributed by atoms with Gasteiger partial charge >= 0.3 is 0 Å². The summed E-state index contributed by atoms with van der Waals surface area (Å²) in [6.07, 6.45) is 0. The van der Waals surface area contributed by atoms with E-state index in [9.17, 15) is 0 Å². The molecule has 1 aromatic heterocycles. The van der Waals surface area contributed by atoms with E-state index in [-0.39, 0.29) is 0 Å². The van der Waals surface area contributed by atoms with Crippen LogP contribution in [0.2, 0.25) is 4.34 Å². The van der Waals surface area contributed by atoms with E-state index in [1.165, 1.54) is 16.3 Å². The summed E-state index contributed by atoms with van der Waals surface area (Å²) in [5.41, 5.74) is 2.67. The molecule has 112 valence electrons. The molecule has 0 fully saturated rings. The van der Waals surface area contributed by atoms with Crippen LogP contribution in [-0.2, 0) is 6.54 Å². The van der Waals surface area contributed by atoms with Crippen molar-refractivity contribution in [2.24, 2.45) is 0 Å². The second-order valence-corrected chi connectivity index (χ2v) is 7.08. The van der Waals surface area contributed by atoms with Gasteiger partial charge in [-0.25, -0.2) is 0 Å². The molecule has 1 N–H and O–H groups in total. The Bertz CT molecular complexity index is 599. The molecule has 0 amide bonds. The van der Waals surface area contributed by atoms with Crippen LogP contribution in [0, 0.1) is 0 Å². The molecular formula is C16H20ClN3S. The van der Waals surface area contributed by atoms with Crippen molar-refractivity contribution in [3.05, 3.63) is 45.6 Å². The largest absolute Gasteiger partial charge is 0.371 e. The van der Waals surface area contributed by atoms with Crippen LogP contribution in [0.3, 0.4) is 0 Å². The number of nitrogens with one attached hydrogen (secondary N) is 1. The Hall–Kier alpha value is -1.23. The number of benzene rings is 1. The summed E-state index contributed by atoms with van der Waals surface area (Å²) in [6.45, 7) is 5.07. The zero-order valence-corrected chi connectivity index (χ0v) is 13.8. The Morgan fingerprint density at radius 1 is 1.14 bits per heavy atom. The minimum Gasteiger partial charge on any atom is -0.371 e. The fourth-order valence-electron chi connectivity index (χ4n) is 2.67. The van der Waals surface area contributed by atoms with Crippen LogP contribution in [0.15, 0.2) is 36.4 Å². The lowest BCUT2D eigenvalue weighted by Crippen LogP contribution is -2.42. The molecule has 1 aliphatic heterocycles. The van der Waals surface area contributed by atoms with Crippen LogP contribution in [0.4, 0.5) is 11.4 Å². The molecule has 1 aromatic carbocycles. The van der Waals surface area contributed by atoms with E-state index in [4.69, 9.17) is 11.6 Å². The highest BCUT2D eigenvalue weighted by Crippen LogP contribution is 2.31. The first kappa shape index (κ1) is 14.7. The van der Waals surface area contributed by atoms with Gasteiger partial charge < -0.3 is 15.1 Å². The highest BCUT2D eigenvalue weighted by atomic mass is 35.5. The molecule has 0 saturated heterocycles. The second kappa shape index (κ2) is 6.69. The van der Waals surface area contributed by atoms with Gasteiger partial charge in [-0.1, -0.05) is 23.7 Å². The van der Waals surface area contributed by atoms with Crippen molar-refractivity contribution in [3.63, 3.8) is 0 Å². The van der Waals surface area contributed by atoms with Crippen LogP contribution < -0.4 is 15.1 Å². The molecule has 0 bridgehead atoms. The van der Waals surface area contributed by atoms with Crippen molar-refractivity contribution in [1.82, 2.24) is 5.32 Å². The number of fused-ring (bicyclic) bond motifs is 1. The summed E-state index contributed by atoms with van der Waals surface area (Å²) in [5.74, 6) is 0. The van der Waals surface area contributed by atoms with Gasteiger partial charge in [-0.15, -0.1) is 11.3 Å². The molecule has 2 aromatic rings. The van der Waals surface area contributed by atoms with Crippen molar-refractivity contribution >= 4 is 34.3 Å². The van der Waals surface area contributed by atoms with E-state index in [1.54, 1.807) is 11.3 Å². The van der Waals surface area contributed by atoms with Gasteiger partial charge in [0, 0.05) is 44.6 Å². The van der Waals surface area contributed by atoms with Crippen molar-refractivity contribution in [2.45, 2.75) is 6.54 Å². The maximum Gasteiger partial charge on any atom is 0.0931 e. The average molecular weight is 322 g/mol. The first-order valence-electron chi connectivity index (χ1n) is 7.24. The van der Waals surface area contributed by atoms with E-state index in [0.717, 1.165) is 37.1 Å². The van der Waals surface area contributed by atoms with Crippen molar-refractivity contribution in [1.29, 1.82) is 0 Å². The highest BCUT2D eigenvalue weighted by Gasteiger charge is 2.18. The lowest BCUT2D eigenvalue weighted by Gasteiger charge is -2.37. The fraction of sp³-hybridized carbons (Fsp3) is 0.375. The Balaban J connectivity index is 1.53. The Morgan fingerprint density at radius 2 is 1.95 bits per heavy atom. The molecule has 2 heterocycles. The zero-order chi connectivity index (χ0) is 14.7. The summed E-state index contributed by atoms with van der Waals surface area (Å²) in [7, 11) is 2.16. The summed E-state index contributed by atoms with van der Waals surface area (Å²) in [5, 5.41) is 3.50. The monoisotopic (exact) mass is 321 g/mol. The molecule has 21 heavy (non-hydrogen) atoms. The molecule has 0 atom stereocenters. The van der Waals surface area contributed by atoms with Crippen molar-refractivity contribution in [3.8, 4) is 0 Å². The molecule has 0 unspecified atom stereocenters. The number of thiophene rings is 1. The van der Waals surface area contributed by atoms with Crippen LogP contribution >= 0.6 is 22.9 Å². The molecule has 0 spiro atoms. The molecule has 1 aliphatic rings. The predicted octanol–water partition coefficient (Wildman–Crippen LogP) is 3.45. The Kier molecular flexibility index (Phi) is 4.68. The molecule has 3 rings (SSSR count). The van der Waals surface area contributed by atoms with Gasteiger partial charge in [0.15, 0.2) is 0 Å². The average Bonchev–Trinajstić information content (AvgIpc) is 2.91. The fourth-order valence-corrected chi connectivity index (χ4v) is 3.73. The lowest BCUT2D eigenvalue weighted by atomic mass is 10.2. The Labute approximate surface area is 135 Å². The maximum absolute atomic E-state index is 5.94. The van der Waals surface area contributed by atoms with E-state index < -0.39 is 0 Å². The van der Waals surface area contributed by atoms with E-state index in [1.807, 2.05) is 6.07 Å². The van der Waals surface area contributed by atoms with Crippen LogP contribution in [-0.4, -0.2) is 33.2 Å². The zero-order valence-electron chi connectivity index (χ0n) is 12.2. The van der Waals surface area contributed by atoms with Crippen molar-refractivity contribution in [2.75, 3.05) is 43.0 Å². The first-order chi connectivity index (χ1) is 10.2. The van der Waals surface area contributed by atoms with Gasteiger partial charge in [-0.05, 0) is 24.3 Å². The summed E-state index contributed by atoms with van der Waals surface area (Å²) >= 11 is 7.59. The predicted molar refractivity (Wildman–Crippen MR) is 93.0 cm³/mol.